The van der Waals surface area contributed by atoms with Crippen LogP contribution in [0.3, 0.4) is 0 Å². The summed E-state index contributed by atoms with van der Waals surface area (Å²) in [6, 6.07) is 10.2. The number of nitrogens with two attached hydrogens (primary N) is 1. The summed E-state index contributed by atoms with van der Waals surface area (Å²) in [5.74, 6) is 0.175. The van der Waals surface area contributed by atoms with Crippen molar-refractivity contribution < 1.29 is 5.11 Å². The third kappa shape index (κ3) is 1.76. The first-order valence-electron chi connectivity index (χ1n) is 5.86. The number of nitrogens with zero attached hydrogens (tertiary/aromatic N) is 1. The lowest BCUT2D eigenvalue weighted by molar-refractivity contribution is 0.475. The molecule has 0 bridgehead atoms. The summed E-state index contributed by atoms with van der Waals surface area (Å²) in [6.45, 7) is 1.84. The molecule has 96 valence electrons. The van der Waals surface area contributed by atoms with Gasteiger partial charge in [-0.2, -0.15) is 0 Å². The summed E-state index contributed by atoms with van der Waals surface area (Å²) < 4.78 is 1.56. The van der Waals surface area contributed by atoms with E-state index in [1.165, 1.54) is 0 Å². The predicted octanol–water partition coefficient (Wildman–Crippen LogP) is 1.92. The molecule has 0 fully saturated rings. The van der Waals surface area contributed by atoms with Crippen LogP contribution in [0.15, 0.2) is 41.2 Å². The summed E-state index contributed by atoms with van der Waals surface area (Å²) in [6.07, 6.45) is 0. The highest BCUT2D eigenvalue weighted by molar-refractivity contribution is 5.81. The number of phenolic OH excluding ortho intramolecular Hbond substituents is 1. The quantitative estimate of drug-likeness (QED) is 0.581. The topological polar surface area (TPSA) is 84.0 Å². The minimum atomic E-state index is -0.227. The molecule has 1 aromatic heterocycles. The number of nitrogen functional groups attached to an aromatic ring is 1. The number of hydrogen-bond donors (Lipinski definition) is 3. The standard InChI is InChI=1S/C14H13N3O2/c1-8-6-10(18)3-5-12(8)17-13-7-9(15)2-4-11(13)16-14(17)19/h2-7,18H,15H2,1H3,(H,16,19). The normalized spacial score (nSPS) is 11.0. The summed E-state index contributed by atoms with van der Waals surface area (Å²) in [5, 5.41) is 9.45. The minimum Gasteiger partial charge on any atom is -0.508 e. The average molecular weight is 255 g/mol. The molecule has 0 atom stereocenters. The highest BCUT2D eigenvalue weighted by atomic mass is 16.3. The Morgan fingerprint density at radius 3 is 2.74 bits per heavy atom. The fourth-order valence-electron chi connectivity index (χ4n) is 2.25. The molecule has 0 saturated carbocycles. The van der Waals surface area contributed by atoms with E-state index in [2.05, 4.69) is 4.98 Å². The third-order valence-corrected chi connectivity index (χ3v) is 3.13. The SMILES string of the molecule is Cc1cc(O)ccc1-n1c(=O)[nH]c2ccc(N)cc21. The number of aromatic hydroxyl groups is 1. The van der Waals surface area contributed by atoms with Gasteiger partial charge >= 0.3 is 5.69 Å². The van der Waals surface area contributed by atoms with E-state index >= 15 is 0 Å². The van der Waals surface area contributed by atoms with E-state index in [1.54, 1.807) is 41.0 Å². The van der Waals surface area contributed by atoms with Crippen LogP contribution in [-0.4, -0.2) is 14.7 Å². The highest BCUT2D eigenvalue weighted by Crippen LogP contribution is 2.23. The second kappa shape index (κ2) is 3.91. The molecule has 0 saturated heterocycles. The van der Waals surface area contributed by atoms with Crippen LogP contribution in [0.5, 0.6) is 5.75 Å². The van der Waals surface area contributed by atoms with Gasteiger partial charge in [0.1, 0.15) is 5.75 Å². The second-order valence-electron chi connectivity index (χ2n) is 4.51. The lowest BCUT2D eigenvalue weighted by Gasteiger charge is -2.08. The maximum absolute atomic E-state index is 12.1. The lowest BCUT2D eigenvalue weighted by atomic mass is 10.2. The van der Waals surface area contributed by atoms with Crippen LogP contribution in [0.1, 0.15) is 5.56 Å². The molecule has 5 nitrogen and oxygen atoms in total. The number of hydrogen-bond acceptors (Lipinski definition) is 3. The number of aromatic amines is 1. The molecule has 19 heavy (non-hydrogen) atoms. The molecule has 5 heteroatoms. The molecule has 1 heterocycles. The first-order valence-corrected chi connectivity index (χ1v) is 5.86. The maximum atomic E-state index is 12.1. The first kappa shape index (κ1) is 11.4. The monoisotopic (exact) mass is 255 g/mol. The number of rotatable bonds is 1. The Labute approximate surface area is 108 Å². The molecule has 3 aromatic rings. The van der Waals surface area contributed by atoms with Crippen molar-refractivity contribution in [2.75, 3.05) is 5.73 Å². The number of fused-ring (bicyclic) bond motifs is 1. The van der Waals surface area contributed by atoms with Crippen molar-refractivity contribution in [1.82, 2.24) is 9.55 Å². The van der Waals surface area contributed by atoms with E-state index in [0.29, 0.717) is 5.69 Å². The highest BCUT2D eigenvalue weighted by Gasteiger charge is 2.11. The van der Waals surface area contributed by atoms with E-state index in [4.69, 9.17) is 5.73 Å². The molecule has 0 aliphatic rings. The summed E-state index contributed by atoms with van der Waals surface area (Å²) in [7, 11) is 0. The average Bonchev–Trinajstić information content (AvgIpc) is 2.65. The maximum Gasteiger partial charge on any atom is 0.331 e. The van der Waals surface area contributed by atoms with Crippen LogP contribution in [-0.2, 0) is 0 Å². The van der Waals surface area contributed by atoms with E-state index < -0.39 is 0 Å². The van der Waals surface area contributed by atoms with Crippen molar-refractivity contribution in [1.29, 1.82) is 0 Å². The number of aryl methyl sites for hydroxylation is 1. The summed E-state index contributed by atoms with van der Waals surface area (Å²) in [5.41, 5.74) is 9.12. The molecule has 0 amide bonds. The molecule has 0 unspecified atom stereocenters. The van der Waals surface area contributed by atoms with Gasteiger partial charge in [0.25, 0.3) is 0 Å². The van der Waals surface area contributed by atoms with Crippen LogP contribution >= 0.6 is 0 Å². The van der Waals surface area contributed by atoms with Crippen LogP contribution in [0.4, 0.5) is 5.69 Å². The van der Waals surface area contributed by atoms with E-state index in [1.807, 2.05) is 6.92 Å². The van der Waals surface area contributed by atoms with Crippen molar-refractivity contribution >= 4 is 16.7 Å². The number of benzene rings is 2. The number of imidazole rings is 1. The molecule has 0 radical (unpaired) electrons. The largest absolute Gasteiger partial charge is 0.508 e. The zero-order chi connectivity index (χ0) is 13.6. The third-order valence-electron chi connectivity index (χ3n) is 3.13. The lowest BCUT2D eigenvalue weighted by Crippen LogP contribution is -2.15. The van der Waals surface area contributed by atoms with Gasteiger partial charge in [-0.25, -0.2) is 4.79 Å². The van der Waals surface area contributed by atoms with Gasteiger partial charge < -0.3 is 15.8 Å². The van der Waals surface area contributed by atoms with E-state index in [9.17, 15) is 9.90 Å². The smallest absolute Gasteiger partial charge is 0.331 e. The minimum absolute atomic E-state index is 0.175. The summed E-state index contributed by atoms with van der Waals surface area (Å²) in [4.78, 5) is 14.9. The number of nitrogens with one attached hydrogen (secondary N) is 1. The van der Waals surface area contributed by atoms with Crippen molar-refractivity contribution in [3.8, 4) is 11.4 Å². The molecule has 0 aliphatic carbocycles. The molecular formula is C14H13N3O2. The summed E-state index contributed by atoms with van der Waals surface area (Å²) >= 11 is 0. The van der Waals surface area contributed by atoms with E-state index in [-0.39, 0.29) is 11.4 Å². The van der Waals surface area contributed by atoms with Gasteiger partial charge in [0, 0.05) is 5.69 Å². The zero-order valence-electron chi connectivity index (χ0n) is 10.3. The van der Waals surface area contributed by atoms with Crippen LogP contribution in [0.25, 0.3) is 16.7 Å². The Hall–Kier alpha value is -2.69. The molecular weight excluding hydrogens is 242 g/mol. The number of aromatic nitrogens is 2. The number of H-pyrrole nitrogens is 1. The molecule has 3 rings (SSSR count). The van der Waals surface area contributed by atoms with Gasteiger partial charge in [0.2, 0.25) is 0 Å². The molecule has 4 N–H and O–H groups in total. The molecule has 0 spiro atoms. The van der Waals surface area contributed by atoms with Crippen molar-refractivity contribution in [2.24, 2.45) is 0 Å². The van der Waals surface area contributed by atoms with Gasteiger partial charge in [0.05, 0.1) is 16.7 Å². The van der Waals surface area contributed by atoms with E-state index in [0.717, 1.165) is 22.3 Å². The molecule has 2 aromatic carbocycles. The van der Waals surface area contributed by atoms with Gasteiger partial charge in [-0.3, -0.25) is 4.57 Å². The molecule has 0 aliphatic heterocycles. The van der Waals surface area contributed by atoms with Gasteiger partial charge in [-0.15, -0.1) is 0 Å². The van der Waals surface area contributed by atoms with Crippen LogP contribution < -0.4 is 11.4 Å². The Morgan fingerprint density at radius 1 is 1.21 bits per heavy atom. The number of phenols is 1. The first-order chi connectivity index (χ1) is 9.06. The predicted molar refractivity (Wildman–Crippen MR) is 74.7 cm³/mol. The van der Waals surface area contributed by atoms with Gasteiger partial charge in [-0.1, -0.05) is 0 Å². The Morgan fingerprint density at radius 2 is 2.00 bits per heavy atom. The number of anilines is 1. The Bertz CT molecular complexity index is 830. The fourth-order valence-corrected chi connectivity index (χ4v) is 2.25. The van der Waals surface area contributed by atoms with Crippen molar-refractivity contribution in [3.05, 3.63) is 52.4 Å². The second-order valence-corrected chi connectivity index (χ2v) is 4.51. The van der Waals surface area contributed by atoms with Crippen LogP contribution in [0, 0.1) is 6.92 Å². The zero-order valence-corrected chi connectivity index (χ0v) is 10.3. The van der Waals surface area contributed by atoms with Gasteiger partial charge in [0.15, 0.2) is 0 Å². The van der Waals surface area contributed by atoms with Crippen molar-refractivity contribution in [2.45, 2.75) is 6.92 Å². The Balaban J connectivity index is 2.38. The van der Waals surface area contributed by atoms with Crippen molar-refractivity contribution in [3.63, 3.8) is 0 Å². The van der Waals surface area contributed by atoms with Gasteiger partial charge in [-0.05, 0) is 48.9 Å². The Kier molecular flexibility index (Phi) is 2.35. The van der Waals surface area contributed by atoms with Crippen LogP contribution in [0.2, 0.25) is 0 Å². The fraction of sp³-hybridized carbons (Fsp3) is 0.0714.